The predicted molar refractivity (Wildman–Crippen MR) is 114 cm³/mol. The maximum absolute atomic E-state index is 12.7. The number of rotatable bonds is 6. The number of benzene rings is 3. The molecule has 0 aromatic heterocycles. The van der Waals surface area contributed by atoms with E-state index in [1.54, 1.807) is 44.2 Å². The van der Waals surface area contributed by atoms with Gasteiger partial charge in [0.05, 0.1) is 9.79 Å². The van der Waals surface area contributed by atoms with Crippen LogP contribution < -0.4 is 9.44 Å². The molecule has 0 heterocycles. The van der Waals surface area contributed by atoms with E-state index in [-0.39, 0.29) is 21.0 Å². The van der Waals surface area contributed by atoms with E-state index < -0.39 is 26.0 Å². The van der Waals surface area contributed by atoms with E-state index in [0.717, 1.165) is 5.56 Å². The molecule has 0 aliphatic rings. The number of nitrogens with one attached hydrogen (secondary N) is 2. The Morgan fingerprint density at radius 3 is 2.03 bits per heavy atom. The molecule has 3 aromatic carbocycles. The summed E-state index contributed by atoms with van der Waals surface area (Å²) in [4.78, 5) is 12.1. The Kier molecular flexibility index (Phi) is 5.95. The first kappa shape index (κ1) is 21.5. The zero-order chi connectivity index (χ0) is 21.9. The Morgan fingerprint density at radius 1 is 0.767 bits per heavy atom. The van der Waals surface area contributed by atoms with Gasteiger partial charge in [-0.25, -0.2) is 21.6 Å². The Labute approximate surface area is 175 Å². The summed E-state index contributed by atoms with van der Waals surface area (Å²) in [6, 6.07) is 18.1. The van der Waals surface area contributed by atoms with Crippen molar-refractivity contribution < 1.29 is 21.6 Å². The van der Waals surface area contributed by atoms with Gasteiger partial charge < -0.3 is 0 Å². The number of hydrogen-bond donors (Lipinski definition) is 2. The van der Waals surface area contributed by atoms with Crippen LogP contribution in [0.2, 0.25) is 0 Å². The molecule has 0 saturated carbocycles. The molecule has 3 rings (SSSR count). The minimum absolute atomic E-state index is 0.148. The van der Waals surface area contributed by atoms with E-state index in [0.29, 0.717) is 5.56 Å². The Morgan fingerprint density at radius 2 is 1.40 bits per heavy atom. The van der Waals surface area contributed by atoms with Crippen LogP contribution in [0.4, 0.5) is 5.69 Å². The predicted octanol–water partition coefficient (Wildman–Crippen LogP) is 3.22. The van der Waals surface area contributed by atoms with Gasteiger partial charge >= 0.3 is 0 Å². The van der Waals surface area contributed by atoms with Crippen LogP contribution in [0.1, 0.15) is 21.5 Å². The lowest BCUT2D eigenvalue weighted by Gasteiger charge is -2.12. The third-order valence-corrected chi connectivity index (χ3v) is 7.18. The number of anilines is 1. The van der Waals surface area contributed by atoms with Crippen LogP contribution >= 0.6 is 0 Å². The number of aryl methyl sites for hydroxylation is 2. The molecule has 0 radical (unpaired) electrons. The van der Waals surface area contributed by atoms with E-state index in [1.807, 2.05) is 10.8 Å². The van der Waals surface area contributed by atoms with Crippen molar-refractivity contribution >= 4 is 31.6 Å². The van der Waals surface area contributed by atoms with E-state index in [9.17, 15) is 21.6 Å². The molecule has 9 heteroatoms. The smallest absolute Gasteiger partial charge is 0.264 e. The SMILES string of the molecule is Cc1ccc(C)c(S(=O)(=O)Nc2ccc(S(=O)(=O)NC(=O)c3ccccc3)cc2)c1. The highest BCUT2D eigenvalue weighted by Crippen LogP contribution is 2.22. The lowest BCUT2D eigenvalue weighted by Crippen LogP contribution is -2.30. The third-order valence-electron chi connectivity index (χ3n) is 4.31. The van der Waals surface area contributed by atoms with Crippen LogP contribution in [-0.4, -0.2) is 22.7 Å². The van der Waals surface area contributed by atoms with Crippen molar-refractivity contribution in [3.05, 3.63) is 89.5 Å². The van der Waals surface area contributed by atoms with E-state index >= 15 is 0 Å². The maximum Gasteiger partial charge on any atom is 0.264 e. The van der Waals surface area contributed by atoms with Crippen molar-refractivity contribution in [3.8, 4) is 0 Å². The first-order valence-corrected chi connectivity index (χ1v) is 11.9. The van der Waals surface area contributed by atoms with Crippen molar-refractivity contribution in [1.82, 2.24) is 4.72 Å². The Hall–Kier alpha value is -3.17. The molecule has 30 heavy (non-hydrogen) atoms. The summed E-state index contributed by atoms with van der Waals surface area (Å²) >= 11 is 0. The zero-order valence-corrected chi connectivity index (χ0v) is 17.9. The van der Waals surface area contributed by atoms with Gasteiger partial charge in [-0.05, 0) is 67.4 Å². The van der Waals surface area contributed by atoms with Gasteiger partial charge in [-0.3, -0.25) is 9.52 Å². The summed E-state index contributed by atoms with van der Waals surface area (Å²) in [6.45, 7) is 3.49. The second-order valence-electron chi connectivity index (χ2n) is 6.70. The van der Waals surface area contributed by atoms with Crippen LogP contribution in [0.15, 0.2) is 82.6 Å². The highest BCUT2D eigenvalue weighted by Gasteiger charge is 2.20. The van der Waals surface area contributed by atoms with Crippen molar-refractivity contribution in [2.24, 2.45) is 0 Å². The number of hydrogen-bond acceptors (Lipinski definition) is 5. The molecule has 7 nitrogen and oxygen atoms in total. The number of carbonyl (C=O) groups excluding carboxylic acids is 1. The first-order valence-electron chi connectivity index (χ1n) is 8.91. The minimum atomic E-state index is -4.11. The zero-order valence-electron chi connectivity index (χ0n) is 16.3. The van der Waals surface area contributed by atoms with Gasteiger partial charge in [-0.1, -0.05) is 30.3 Å². The summed E-state index contributed by atoms with van der Waals surface area (Å²) in [7, 11) is -7.95. The van der Waals surface area contributed by atoms with Crippen LogP contribution in [-0.2, 0) is 20.0 Å². The van der Waals surface area contributed by atoms with Crippen LogP contribution in [0.5, 0.6) is 0 Å². The van der Waals surface area contributed by atoms with Crippen LogP contribution in [0.3, 0.4) is 0 Å². The van der Waals surface area contributed by atoms with Gasteiger partial charge in [0.25, 0.3) is 26.0 Å². The van der Waals surface area contributed by atoms with Gasteiger partial charge in [0.15, 0.2) is 0 Å². The molecule has 0 bridgehead atoms. The Bertz CT molecular complexity index is 1280. The van der Waals surface area contributed by atoms with Crippen molar-refractivity contribution in [2.45, 2.75) is 23.6 Å². The largest absolute Gasteiger partial charge is 0.280 e. The first-order chi connectivity index (χ1) is 14.1. The normalized spacial score (nSPS) is 11.7. The maximum atomic E-state index is 12.7. The number of carbonyl (C=O) groups is 1. The van der Waals surface area contributed by atoms with Crippen molar-refractivity contribution in [3.63, 3.8) is 0 Å². The fourth-order valence-corrected chi connectivity index (χ4v) is 5.10. The molecular weight excluding hydrogens is 424 g/mol. The van der Waals surface area contributed by atoms with Gasteiger partial charge in [-0.15, -0.1) is 0 Å². The molecule has 0 aliphatic carbocycles. The second-order valence-corrected chi connectivity index (χ2v) is 10.0. The Balaban J connectivity index is 1.79. The van der Waals surface area contributed by atoms with E-state index in [4.69, 9.17) is 0 Å². The third kappa shape index (κ3) is 4.87. The topological polar surface area (TPSA) is 109 Å². The van der Waals surface area contributed by atoms with Crippen LogP contribution in [0, 0.1) is 13.8 Å². The number of sulfonamides is 2. The van der Waals surface area contributed by atoms with Gasteiger partial charge in [0, 0.05) is 11.3 Å². The summed E-state index contributed by atoms with van der Waals surface area (Å²) in [5, 5.41) is 0. The van der Waals surface area contributed by atoms with Gasteiger partial charge in [0.1, 0.15) is 0 Å². The molecule has 0 saturated heterocycles. The fourth-order valence-electron chi connectivity index (χ4n) is 2.74. The summed E-state index contributed by atoms with van der Waals surface area (Å²) in [5.41, 5.74) is 1.80. The number of amides is 1. The highest BCUT2D eigenvalue weighted by atomic mass is 32.2. The molecule has 0 unspecified atom stereocenters. The highest BCUT2D eigenvalue weighted by molar-refractivity contribution is 7.92. The van der Waals surface area contributed by atoms with E-state index in [2.05, 4.69) is 4.72 Å². The molecule has 156 valence electrons. The minimum Gasteiger partial charge on any atom is -0.280 e. The molecule has 0 atom stereocenters. The average molecular weight is 445 g/mol. The van der Waals surface area contributed by atoms with Crippen LogP contribution in [0.25, 0.3) is 0 Å². The fraction of sp³-hybridized carbons (Fsp3) is 0.0952. The molecule has 0 fully saturated rings. The molecule has 2 N–H and O–H groups in total. The van der Waals surface area contributed by atoms with E-state index in [1.165, 1.54) is 36.4 Å². The standard InChI is InChI=1S/C21H20N2O5S2/c1-15-8-9-16(2)20(14-15)30(27,28)22-18-10-12-19(13-11-18)29(25,26)23-21(24)17-6-4-3-5-7-17/h3-14,22H,1-2H3,(H,23,24). The lowest BCUT2D eigenvalue weighted by molar-refractivity contribution is 0.0981. The van der Waals surface area contributed by atoms with Gasteiger partial charge in [-0.2, -0.15) is 0 Å². The second kappa shape index (κ2) is 8.29. The van der Waals surface area contributed by atoms with Crippen molar-refractivity contribution in [2.75, 3.05) is 4.72 Å². The monoisotopic (exact) mass is 444 g/mol. The molecule has 1 amide bonds. The summed E-state index contributed by atoms with van der Waals surface area (Å²) in [6.07, 6.45) is 0. The lowest BCUT2D eigenvalue weighted by atomic mass is 10.2. The molecule has 0 aliphatic heterocycles. The summed E-state index contributed by atoms with van der Waals surface area (Å²) < 4.78 is 54.7. The summed E-state index contributed by atoms with van der Waals surface area (Å²) in [5.74, 6) is -0.754. The van der Waals surface area contributed by atoms with Crippen molar-refractivity contribution in [1.29, 1.82) is 0 Å². The average Bonchev–Trinajstić information content (AvgIpc) is 2.70. The quantitative estimate of drug-likeness (QED) is 0.607. The molecular formula is C21H20N2O5S2. The van der Waals surface area contributed by atoms with Gasteiger partial charge in [0.2, 0.25) is 0 Å². The molecule has 3 aromatic rings. The molecule has 0 spiro atoms.